The van der Waals surface area contributed by atoms with Crippen molar-refractivity contribution in [3.05, 3.63) is 174 Å². The number of para-hydroxylation sites is 2. The Kier molecular flexibility index (Phi) is 8.96. The summed E-state index contributed by atoms with van der Waals surface area (Å²) in [5, 5.41) is 10.8. The van der Waals surface area contributed by atoms with Crippen LogP contribution in [0, 0.1) is 11.3 Å². The van der Waals surface area contributed by atoms with E-state index in [1.54, 1.807) is 0 Å². The van der Waals surface area contributed by atoms with Crippen molar-refractivity contribution in [2.24, 2.45) is 0 Å². The molecule has 46 heavy (non-hydrogen) atoms. The second-order valence-corrected chi connectivity index (χ2v) is 17.4. The van der Waals surface area contributed by atoms with Crippen LogP contribution in [0.3, 0.4) is 0 Å². The third-order valence-corrected chi connectivity index (χ3v) is 10.1. The summed E-state index contributed by atoms with van der Waals surface area (Å²) in [7, 11) is -1.41. The summed E-state index contributed by atoms with van der Waals surface area (Å²) in [5.41, 5.74) is 9.44. The zero-order valence-electron chi connectivity index (χ0n) is 26.5. The van der Waals surface area contributed by atoms with E-state index in [4.69, 9.17) is 0 Å². The fraction of sp³-hybridized carbons (Fsp3) is 0.0714. The van der Waals surface area contributed by atoms with E-state index in [1.807, 2.05) is 36.4 Å². The molecule has 6 aromatic rings. The molecule has 0 fully saturated rings. The SMILES string of the molecule is C[Si](C)(C)c1ccc(N(c2ccc(C#N)cc2)c2ccc(/C=C/c3ccc(N(c4ccccc4)c4ccccc4)cc3)cc2)cc1. The van der Waals surface area contributed by atoms with Gasteiger partial charge in [-0.15, -0.1) is 0 Å². The lowest BCUT2D eigenvalue weighted by Gasteiger charge is -2.26. The molecular weight excluding hydrogens is 575 g/mol. The van der Waals surface area contributed by atoms with Gasteiger partial charge in [-0.2, -0.15) is 5.26 Å². The molecule has 0 bridgehead atoms. The fourth-order valence-electron chi connectivity index (χ4n) is 5.51. The lowest BCUT2D eigenvalue weighted by molar-refractivity contribution is 1.28. The number of nitriles is 1. The van der Waals surface area contributed by atoms with E-state index in [0.29, 0.717) is 5.56 Å². The van der Waals surface area contributed by atoms with Gasteiger partial charge in [0.2, 0.25) is 0 Å². The number of rotatable bonds is 9. The van der Waals surface area contributed by atoms with Crippen LogP contribution in [-0.2, 0) is 0 Å². The van der Waals surface area contributed by atoms with E-state index in [0.717, 1.165) is 45.3 Å². The number of nitrogens with zero attached hydrogens (tertiary/aromatic N) is 3. The quantitative estimate of drug-likeness (QED) is 0.120. The average Bonchev–Trinajstić information content (AvgIpc) is 3.10. The van der Waals surface area contributed by atoms with Crippen molar-refractivity contribution in [3.63, 3.8) is 0 Å². The van der Waals surface area contributed by atoms with Crippen LogP contribution >= 0.6 is 0 Å². The molecule has 0 aliphatic carbocycles. The van der Waals surface area contributed by atoms with Gasteiger partial charge in [0.1, 0.15) is 0 Å². The lowest BCUT2D eigenvalue weighted by Crippen LogP contribution is -2.37. The van der Waals surface area contributed by atoms with Gasteiger partial charge in [0, 0.05) is 34.1 Å². The molecule has 0 N–H and O–H groups in total. The highest BCUT2D eigenvalue weighted by atomic mass is 28.3. The summed E-state index contributed by atoms with van der Waals surface area (Å²) in [4.78, 5) is 4.51. The van der Waals surface area contributed by atoms with Crippen LogP contribution in [0.15, 0.2) is 158 Å². The maximum absolute atomic E-state index is 9.34. The third-order valence-electron chi connectivity index (χ3n) is 8.05. The van der Waals surface area contributed by atoms with Gasteiger partial charge in [-0.25, -0.2) is 0 Å². The third kappa shape index (κ3) is 7.02. The Bertz CT molecular complexity index is 1890. The van der Waals surface area contributed by atoms with Gasteiger partial charge in [0.15, 0.2) is 0 Å². The number of anilines is 6. The van der Waals surface area contributed by atoms with Crippen molar-refractivity contribution < 1.29 is 0 Å². The van der Waals surface area contributed by atoms with Crippen molar-refractivity contribution in [1.82, 2.24) is 0 Å². The Morgan fingerprint density at radius 2 is 0.761 bits per heavy atom. The normalized spacial score (nSPS) is 11.3. The van der Waals surface area contributed by atoms with Gasteiger partial charge in [-0.3, -0.25) is 0 Å². The van der Waals surface area contributed by atoms with Crippen LogP contribution < -0.4 is 15.0 Å². The first-order valence-corrected chi connectivity index (χ1v) is 19.1. The van der Waals surface area contributed by atoms with E-state index in [1.165, 1.54) is 5.19 Å². The van der Waals surface area contributed by atoms with Crippen LogP contribution in [-0.4, -0.2) is 8.07 Å². The zero-order chi connectivity index (χ0) is 31.9. The molecule has 0 aliphatic heterocycles. The summed E-state index contributed by atoms with van der Waals surface area (Å²) < 4.78 is 0. The first-order chi connectivity index (χ1) is 22.4. The number of hydrogen-bond acceptors (Lipinski definition) is 3. The number of hydrogen-bond donors (Lipinski definition) is 0. The minimum atomic E-state index is -1.41. The molecule has 0 aliphatic rings. The minimum Gasteiger partial charge on any atom is -0.311 e. The Morgan fingerprint density at radius 1 is 0.435 bits per heavy atom. The second-order valence-electron chi connectivity index (χ2n) is 12.3. The average molecular weight is 612 g/mol. The Morgan fingerprint density at radius 3 is 1.11 bits per heavy atom. The van der Waals surface area contributed by atoms with Crippen LogP contribution in [0.4, 0.5) is 34.1 Å². The summed E-state index contributed by atoms with van der Waals surface area (Å²) in [6, 6.07) is 57.2. The Hall–Kier alpha value is -5.63. The van der Waals surface area contributed by atoms with Crippen LogP contribution in [0.1, 0.15) is 16.7 Å². The van der Waals surface area contributed by atoms with Crippen molar-refractivity contribution in [3.8, 4) is 6.07 Å². The van der Waals surface area contributed by atoms with Gasteiger partial charge < -0.3 is 9.80 Å². The molecular formula is C42H37N3Si. The minimum absolute atomic E-state index is 0.652. The van der Waals surface area contributed by atoms with Crippen molar-refractivity contribution in [2.75, 3.05) is 9.80 Å². The molecule has 6 aromatic carbocycles. The van der Waals surface area contributed by atoms with E-state index in [-0.39, 0.29) is 0 Å². The van der Waals surface area contributed by atoms with Gasteiger partial charge in [-0.05, 0) is 96.1 Å². The molecule has 0 saturated heterocycles. The monoisotopic (exact) mass is 611 g/mol. The molecule has 0 aromatic heterocycles. The van der Waals surface area contributed by atoms with Crippen LogP contribution in [0.5, 0.6) is 0 Å². The standard InChI is InChI=1S/C42H37N3Si/c1-46(2,3)42-30-28-41(29-31-42)45(40-26-20-35(32-43)21-27-40)39-24-18-34(19-25-39)15-14-33-16-22-38(23-17-33)44(36-10-6-4-7-11-36)37-12-8-5-9-13-37/h4-31H,1-3H3/b15-14+. The molecule has 0 atom stereocenters. The summed E-state index contributed by atoms with van der Waals surface area (Å²) in [6.45, 7) is 7.10. The predicted octanol–water partition coefficient (Wildman–Crippen LogP) is 11.2. The van der Waals surface area contributed by atoms with E-state index in [2.05, 4.69) is 169 Å². The van der Waals surface area contributed by atoms with E-state index in [9.17, 15) is 5.26 Å². The second kappa shape index (κ2) is 13.6. The molecule has 0 heterocycles. The zero-order valence-corrected chi connectivity index (χ0v) is 27.5. The highest BCUT2D eigenvalue weighted by molar-refractivity contribution is 6.88. The maximum Gasteiger partial charge on any atom is 0.0991 e. The predicted molar refractivity (Wildman–Crippen MR) is 199 cm³/mol. The molecule has 3 nitrogen and oxygen atoms in total. The highest BCUT2D eigenvalue weighted by Crippen LogP contribution is 2.36. The smallest absolute Gasteiger partial charge is 0.0991 e. The van der Waals surface area contributed by atoms with E-state index < -0.39 is 8.07 Å². The molecule has 224 valence electrons. The first-order valence-electron chi connectivity index (χ1n) is 15.6. The largest absolute Gasteiger partial charge is 0.311 e. The summed E-state index contributed by atoms with van der Waals surface area (Å²) in [5.74, 6) is 0. The summed E-state index contributed by atoms with van der Waals surface area (Å²) >= 11 is 0. The van der Waals surface area contributed by atoms with Gasteiger partial charge in [0.25, 0.3) is 0 Å². The molecule has 0 spiro atoms. The fourth-order valence-corrected chi connectivity index (χ4v) is 6.67. The van der Waals surface area contributed by atoms with E-state index >= 15 is 0 Å². The molecule has 0 radical (unpaired) electrons. The number of benzene rings is 6. The van der Waals surface area contributed by atoms with Gasteiger partial charge in [-0.1, -0.05) is 110 Å². The molecule has 4 heteroatoms. The molecule has 0 saturated carbocycles. The van der Waals surface area contributed by atoms with Crippen molar-refractivity contribution >= 4 is 59.5 Å². The van der Waals surface area contributed by atoms with Gasteiger partial charge in [0.05, 0.1) is 19.7 Å². The van der Waals surface area contributed by atoms with Crippen molar-refractivity contribution in [2.45, 2.75) is 19.6 Å². The summed E-state index contributed by atoms with van der Waals surface area (Å²) in [6.07, 6.45) is 4.31. The Labute approximate surface area is 274 Å². The molecule has 6 rings (SSSR count). The Balaban J connectivity index is 1.24. The van der Waals surface area contributed by atoms with Crippen LogP contribution in [0.2, 0.25) is 19.6 Å². The first kappa shape index (κ1) is 30.4. The maximum atomic E-state index is 9.34. The van der Waals surface area contributed by atoms with Crippen LogP contribution in [0.25, 0.3) is 12.2 Å². The lowest BCUT2D eigenvalue weighted by atomic mass is 10.1. The highest BCUT2D eigenvalue weighted by Gasteiger charge is 2.18. The van der Waals surface area contributed by atoms with Gasteiger partial charge >= 0.3 is 0 Å². The molecule has 0 amide bonds. The van der Waals surface area contributed by atoms with Crippen molar-refractivity contribution in [1.29, 1.82) is 5.26 Å². The molecule has 0 unspecified atom stereocenters. The topological polar surface area (TPSA) is 30.3 Å².